The number of rotatable bonds is 6. The van der Waals surface area contributed by atoms with Gasteiger partial charge in [-0.1, -0.05) is 6.92 Å². The van der Waals surface area contributed by atoms with E-state index < -0.39 is 11.4 Å². The minimum absolute atomic E-state index is 0.0374. The lowest BCUT2D eigenvalue weighted by atomic mass is 9.87. The van der Waals surface area contributed by atoms with Crippen LogP contribution >= 0.6 is 0 Å². The molecule has 0 radical (unpaired) electrons. The van der Waals surface area contributed by atoms with Gasteiger partial charge in [-0.2, -0.15) is 0 Å². The van der Waals surface area contributed by atoms with E-state index in [1.807, 2.05) is 6.92 Å². The number of carboxylic acids is 1. The molecule has 1 heterocycles. The number of aliphatic carboxylic acids is 1. The monoisotopic (exact) mass is 256 g/mol. The summed E-state index contributed by atoms with van der Waals surface area (Å²) in [6, 6.07) is 0. The molecule has 104 valence electrons. The number of nitrogens with one attached hydrogen (secondary N) is 2. The van der Waals surface area contributed by atoms with Crippen molar-refractivity contribution in [1.82, 2.24) is 10.6 Å². The molecule has 1 amide bonds. The zero-order valence-electron chi connectivity index (χ0n) is 11.3. The Morgan fingerprint density at radius 1 is 1.50 bits per heavy atom. The van der Waals surface area contributed by atoms with Gasteiger partial charge in [0.25, 0.3) is 0 Å². The molecule has 0 aliphatic carbocycles. The summed E-state index contributed by atoms with van der Waals surface area (Å²) in [7, 11) is 0. The molecule has 0 aromatic rings. The first-order valence-corrected chi connectivity index (χ1v) is 6.69. The van der Waals surface area contributed by atoms with Crippen LogP contribution in [0.4, 0.5) is 0 Å². The van der Waals surface area contributed by atoms with Gasteiger partial charge in [-0.05, 0) is 45.2 Å². The van der Waals surface area contributed by atoms with Gasteiger partial charge in [-0.15, -0.1) is 0 Å². The van der Waals surface area contributed by atoms with Crippen LogP contribution in [0.5, 0.6) is 0 Å². The normalized spacial score (nSPS) is 23.1. The topological polar surface area (TPSA) is 78.4 Å². The summed E-state index contributed by atoms with van der Waals surface area (Å²) in [5, 5.41) is 15.1. The summed E-state index contributed by atoms with van der Waals surface area (Å²) < 4.78 is 0. The molecule has 5 heteroatoms. The van der Waals surface area contributed by atoms with E-state index in [1.165, 1.54) is 0 Å². The molecule has 1 aliphatic rings. The van der Waals surface area contributed by atoms with Gasteiger partial charge in [0, 0.05) is 13.0 Å². The molecule has 1 fully saturated rings. The van der Waals surface area contributed by atoms with Gasteiger partial charge in [0.2, 0.25) is 5.91 Å². The first kappa shape index (κ1) is 15.0. The second kappa shape index (κ2) is 6.73. The van der Waals surface area contributed by atoms with Crippen LogP contribution in [0.1, 0.15) is 39.5 Å². The zero-order chi connectivity index (χ0) is 13.6. The van der Waals surface area contributed by atoms with Crippen molar-refractivity contribution in [2.45, 2.75) is 39.5 Å². The van der Waals surface area contributed by atoms with Crippen molar-refractivity contribution < 1.29 is 14.7 Å². The molecule has 1 aliphatic heterocycles. The summed E-state index contributed by atoms with van der Waals surface area (Å²) in [6.07, 6.45) is 3.18. The third-order valence-corrected chi connectivity index (χ3v) is 3.85. The Kier molecular flexibility index (Phi) is 5.59. The van der Waals surface area contributed by atoms with E-state index in [9.17, 15) is 9.59 Å². The average Bonchev–Trinajstić information content (AvgIpc) is 2.37. The summed E-state index contributed by atoms with van der Waals surface area (Å²) in [5.74, 6) is -0.509. The largest absolute Gasteiger partial charge is 0.481 e. The first-order chi connectivity index (χ1) is 8.48. The highest BCUT2D eigenvalue weighted by Gasteiger charge is 2.31. The summed E-state index contributed by atoms with van der Waals surface area (Å²) in [5.41, 5.74) is -0.861. The lowest BCUT2D eigenvalue weighted by Gasteiger charge is -2.25. The van der Waals surface area contributed by atoms with Gasteiger partial charge < -0.3 is 15.7 Å². The van der Waals surface area contributed by atoms with Crippen molar-refractivity contribution >= 4 is 11.9 Å². The zero-order valence-corrected chi connectivity index (χ0v) is 11.3. The highest BCUT2D eigenvalue weighted by atomic mass is 16.4. The molecule has 0 bridgehead atoms. The minimum Gasteiger partial charge on any atom is -0.481 e. The fraction of sp³-hybridized carbons (Fsp3) is 0.846. The van der Waals surface area contributed by atoms with Crippen LogP contribution in [0.15, 0.2) is 0 Å². The summed E-state index contributed by atoms with van der Waals surface area (Å²) >= 11 is 0. The van der Waals surface area contributed by atoms with Crippen molar-refractivity contribution in [2.75, 3.05) is 19.6 Å². The van der Waals surface area contributed by atoms with Crippen LogP contribution in [-0.2, 0) is 9.59 Å². The minimum atomic E-state index is -0.861. The van der Waals surface area contributed by atoms with Crippen LogP contribution in [0.2, 0.25) is 0 Å². The van der Waals surface area contributed by atoms with Crippen molar-refractivity contribution in [1.29, 1.82) is 0 Å². The fourth-order valence-electron chi connectivity index (χ4n) is 2.08. The third kappa shape index (κ3) is 4.29. The third-order valence-electron chi connectivity index (χ3n) is 3.85. The highest BCUT2D eigenvalue weighted by molar-refractivity contribution is 5.79. The van der Waals surface area contributed by atoms with E-state index in [4.69, 9.17) is 5.11 Å². The predicted octanol–water partition coefficient (Wildman–Crippen LogP) is 0.993. The van der Waals surface area contributed by atoms with Crippen LogP contribution in [0.3, 0.4) is 0 Å². The molecule has 18 heavy (non-hydrogen) atoms. The van der Waals surface area contributed by atoms with Gasteiger partial charge in [0.15, 0.2) is 0 Å². The Balaban J connectivity index is 2.33. The standard InChI is InChI=1S/C13H24N2O3/c1-3-13(2,12(17)18)9-15-11(16)7-10-5-4-6-14-8-10/h10,14H,3-9H2,1-2H3,(H,15,16)(H,17,18). The van der Waals surface area contributed by atoms with Crippen LogP contribution in [0, 0.1) is 11.3 Å². The number of carbonyl (C=O) groups excluding carboxylic acids is 1. The van der Waals surface area contributed by atoms with Crippen LogP contribution in [-0.4, -0.2) is 36.6 Å². The Bertz CT molecular complexity index is 301. The van der Waals surface area contributed by atoms with Gasteiger partial charge in [-0.25, -0.2) is 0 Å². The van der Waals surface area contributed by atoms with Crippen LogP contribution in [0.25, 0.3) is 0 Å². The molecule has 0 aromatic carbocycles. The van der Waals surface area contributed by atoms with Crippen molar-refractivity contribution in [2.24, 2.45) is 11.3 Å². The van der Waals surface area contributed by atoms with E-state index >= 15 is 0 Å². The molecule has 0 aromatic heterocycles. The Hall–Kier alpha value is -1.10. The molecule has 5 nitrogen and oxygen atoms in total. The quantitative estimate of drug-likeness (QED) is 0.662. The molecule has 2 atom stereocenters. The number of hydrogen-bond donors (Lipinski definition) is 3. The summed E-state index contributed by atoms with van der Waals surface area (Å²) in [6.45, 7) is 5.61. The second-order valence-electron chi connectivity index (χ2n) is 5.41. The number of carboxylic acid groups (broad SMARTS) is 1. The smallest absolute Gasteiger partial charge is 0.311 e. The second-order valence-corrected chi connectivity index (χ2v) is 5.41. The van der Waals surface area contributed by atoms with E-state index in [-0.39, 0.29) is 12.5 Å². The van der Waals surface area contributed by atoms with Crippen molar-refractivity contribution in [3.8, 4) is 0 Å². The predicted molar refractivity (Wildman–Crippen MR) is 69.3 cm³/mol. The lowest BCUT2D eigenvalue weighted by Crippen LogP contribution is -2.42. The molecular weight excluding hydrogens is 232 g/mol. The van der Waals surface area contributed by atoms with Gasteiger partial charge in [0.05, 0.1) is 5.41 Å². The number of hydrogen-bond acceptors (Lipinski definition) is 3. The Labute approximate surface area is 108 Å². The first-order valence-electron chi connectivity index (χ1n) is 6.69. The highest BCUT2D eigenvalue weighted by Crippen LogP contribution is 2.20. The summed E-state index contributed by atoms with van der Waals surface area (Å²) in [4.78, 5) is 22.9. The maximum absolute atomic E-state index is 11.8. The molecule has 3 N–H and O–H groups in total. The molecule has 2 unspecified atom stereocenters. The van der Waals surface area contributed by atoms with Gasteiger partial charge >= 0.3 is 5.97 Å². The van der Waals surface area contributed by atoms with Crippen molar-refractivity contribution in [3.05, 3.63) is 0 Å². The molecule has 1 rings (SSSR count). The molecule has 0 spiro atoms. The van der Waals surface area contributed by atoms with Crippen LogP contribution < -0.4 is 10.6 Å². The van der Waals surface area contributed by atoms with E-state index in [2.05, 4.69) is 10.6 Å². The van der Waals surface area contributed by atoms with Gasteiger partial charge in [0.1, 0.15) is 0 Å². The number of piperidine rings is 1. The Morgan fingerprint density at radius 3 is 2.72 bits per heavy atom. The average molecular weight is 256 g/mol. The number of carbonyl (C=O) groups is 2. The lowest BCUT2D eigenvalue weighted by molar-refractivity contribution is -0.148. The molecule has 1 saturated heterocycles. The van der Waals surface area contributed by atoms with Crippen molar-refractivity contribution in [3.63, 3.8) is 0 Å². The van der Waals surface area contributed by atoms with Gasteiger partial charge in [-0.3, -0.25) is 9.59 Å². The van der Waals surface area contributed by atoms with E-state index in [0.29, 0.717) is 18.8 Å². The maximum Gasteiger partial charge on any atom is 0.311 e. The fourth-order valence-corrected chi connectivity index (χ4v) is 2.08. The number of amides is 1. The van der Waals surface area contributed by atoms with E-state index in [0.717, 1.165) is 25.9 Å². The molecule has 0 saturated carbocycles. The van der Waals surface area contributed by atoms with E-state index in [1.54, 1.807) is 6.92 Å². The molecular formula is C13H24N2O3. The SMILES string of the molecule is CCC(C)(CNC(=O)CC1CCCNC1)C(=O)O. The Morgan fingerprint density at radius 2 is 2.22 bits per heavy atom. The maximum atomic E-state index is 11.8.